The Kier molecular flexibility index (Phi) is 4.53. The zero-order chi connectivity index (χ0) is 16.3. The van der Waals surface area contributed by atoms with Gasteiger partial charge in [0.25, 0.3) is 10.0 Å². The van der Waals surface area contributed by atoms with E-state index in [2.05, 4.69) is 9.71 Å². The van der Waals surface area contributed by atoms with Gasteiger partial charge in [0.2, 0.25) is 5.91 Å². The van der Waals surface area contributed by atoms with Crippen LogP contribution >= 0.6 is 11.6 Å². The number of hydrogen-bond donors (Lipinski definition) is 2. The van der Waals surface area contributed by atoms with Gasteiger partial charge in [0, 0.05) is 11.2 Å². The second kappa shape index (κ2) is 6.20. The molecule has 2 aromatic rings. The van der Waals surface area contributed by atoms with E-state index in [-0.39, 0.29) is 26.9 Å². The van der Waals surface area contributed by atoms with Crippen molar-refractivity contribution in [1.82, 2.24) is 4.98 Å². The normalized spacial score (nSPS) is 11.0. The van der Waals surface area contributed by atoms with E-state index in [0.29, 0.717) is 0 Å². The molecule has 116 valence electrons. The molecule has 1 aromatic heterocycles. The van der Waals surface area contributed by atoms with E-state index in [9.17, 15) is 13.2 Å². The highest BCUT2D eigenvalue weighted by Crippen LogP contribution is 2.28. The number of nitrogens with zero attached hydrogens (tertiary/aromatic N) is 1. The van der Waals surface area contributed by atoms with E-state index in [1.807, 2.05) is 0 Å². The van der Waals surface area contributed by atoms with Gasteiger partial charge in [-0.15, -0.1) is 0 Å². The minimum Gasteiger partial charge on any atom is -0.495 e. The molecule has 0 aliphatic rings. The molecule has 0 aliphatic heterocycles. The van der Waals surface area contributed by atoms with E-state index >= 15 is 0 Å². The Bertz CT molecular complexity index is 824. The Hall–Kier alpha value is -2.32. The van der Waals surface area contributed by atoms with E-state index < -0.39 is 15.9 Å². The van der Waals surface area contributed by atoms with Crippen LogP contribution in [0.4, 0.5) is 5.69 Å². The fraction of sp³-hybridized carbons (Fsp3) is 0.0769. The quantitative estimate of drug-likeness (QED) is 0.858. The fourth-order valence-electron chi connectivity index (χ4n) is 1.70. The minimum atomic E-state index is -3.97. The highest BCUT2D eigenvalue weighted by Gasteiger charge is 2.20. The number of anilines is 1. The molecule has 0 aliphatic carbocycles. The Morgan fingerprint density at radius 2 is 2.05 bits per heavy atom. The Labute approximate surface area is 132 Å². The lowest BCUT2D eigenvalue weighted by Gasteiger charge is -2.12. The molecule has 22 heavy (non-hydrogen) atoms. The third-order valence-electron chi connectivity index (χ3n) is 2.69. The SMILES string of the molecule is COc1ccc(Cl)cc1S(=O)(=O)Nc1cncc(C(N)=O)c1. The number of nitrogens with one attached hydrogen (secondary N) is 1. The summed E-state index contributed by atoms with van der Waals surface area (Å²) in [6.45, 7) is 0. The summed E-state index contributed by atoms with van der Waals surface area (Å²) in [5.74, 6) is -0.579. The first-order chi connectivity index (χ1) is 10.3. The van der Waals surface area contributed by atoms with Crippen molar-refractivity contribution < 1.29 is 17.9 Å². The van der Waals surface area contributed by atoms with Gasteiger partial charge in [0.05, 0.1) is 24.6 Å². The number of halogens is 1. The molecule has 0 atom stereocenters. The smallest absolute Gasteiger partial charge is 0.265 e. The van der Waals surface area contributed by atoms with Gasteiger partial charge in [-0.1, -0.05) is 11.6 Å². The predicted molar refractivity (Wildman–Crippen MR) is 81.6 cm³/mol. The highest BCUT2D eigenvalue weighted by molar-refractivity contribution is 7.92. The maximum Gasteiger partial charge on any atom is 0.265 e. The standard InChI is InChI=1S/C13H12ClN3O4S/c1-21-11-3-2-9(14)5-12(11)22(19,20)17-10-4-8(13(15)18)6-16-7-10/h2-7,17H,1H3,(H2,15,18). The summed E-state index contributed by atoms with van der Waals surface area (Å²) in [4.78, 5) is 14.7. The molecule has 3 N–H and O–H groups in total. The molecular weight excluding hydrogens is 330 g/mol. The van der Waals surface area contributed by atoms with Crippen molar-refractivity contribution in [1.29, 1.82) is 0 Å². The summed E-state index contributed by atoms with van der Waals surface area (Å²) in [7, 11) is -2.63. The minimum absolute atomic E-state index is 0.0817. The van der Waals surface area contributed by atoms with Crippen molar-refractivity contribution in [3.63, 3.8) is 0 Å². The highest BCUT2D eigenvalue weighted by atomic mass is 35.5. The second-order valence-electron chi connectivity index (χ2n) is 4.23. The molecule has 0 fully saturated rings. The molecule has 0 spiro atoms. The summed E-state index contributed by atoms with van der Waals surface area (Å²) in [5.41, 5.74) is 5.31. The van der Waals surface area contributed by atoms with Gasteiger partial charge in [0.1, 0.15) is 10.6 Å². The molecule has 0 saturated carbocycles. The summed E-state index contributed by atoms with van der Waals surface area (Å²) in [6, 6.07) is 5.49. The lowest BCUT2D eigenvalue weighted by molar-refractivity contribution is 0.1000. The summed E-state index contributed by atoms with van der Waals surface area (Å²) < 4.78 is 32.2. The van der Waals surface area contributed by atoms with Crippen LogP contribution in [0.25, 0.3) is 0 Å². The summed E-state index contributed by atoms with van der Waals surface area (Å²) in [6.07, 6.45) is 2.49. The Balaban J connectivity index is 2.42. The number of ether oxygens (including phenoxy) is 1. The summed E-state index contributed by atoms with van der Waals surface area (Å²) in [5, 5.41) is 0.241. The van der Waals surface area contributed by atoms with Gasteiger partial charge >= 0.3 is 0 Å². The third-order valence-corrected chi connectivity index (χ3v) is 4.33. The van der Waals surface area contributed by atoms with Crippen LogP contribution in [0.15, 0.2) is 41.6 Å². The number of primary amides is 1. The number of sulfonamides is 1. The first-order valence-corrected chi connectivity index (χ1v) is 7.81. The lowest BCUT2D eigenvalue weighted by Crippen LogP contribution is -2.16. The first-order valence-electron chi connectivity index (χ1n) is 5.94. The number of benzene rings is 1. The lowest BCUT2D eigenvalue weighted by atomic mass is 10.2. The molecule has 2 rings (SSSR count). The number of hydrogen-bond acceptors (Lipinski definition) is 5. The van der Waals surface area contributed by atoms with Gasteiger partial charge in [-0.2, -0.15) is 0 Å². The topological polar surface area (TPSA) is 111 Å². The van der Waals surface area contributed by atoms with Crippen LogP contribution in [0.3, 0.4) is 0 Å². The monoisotopic (exact) mass is 341 g/mol. The largest absolute Gasteiger partial charge is 0.495 e. The molecule has 1 heterocycles. The van der Waals surface area contributed by atoms with Gasteiger partial charge in [-0.05, 0) is 24.3 Å². The van der Waals surface area contributed by atoms with Crippen LogP contribution in [0.1, 0.15) is 10.4 Å². The molecule has 7 nitrogen and oxygen atoms in total. The molecule has 0 saturated heterocycles. The first kappa shape index (κ1) is 16.1. The van der Waals surface area contributed by atoms with E-state index in [4.69, 9.17) is 22.1 Å². The van der Waals surface area contributed by atoms with Crippen LogP contribution < -0.4 is 15.2 Å². The zero-order valence-electron chi connectivity index (χ0n) is 11.4. The van der Waals surface area contributed by atoms with Crippen LogP contribution in [0.5, 0.6) is 5.75 Å². The van der Waals surface area contributed by atoms with Crippen LogP contribution in [-0.2, 0) is 10.0 Å². The fourth-order valence-corrected chi connectivity index (χ4v) is 3.17. The molecule has 9 heteroatoms. The number of carbonyl (C=O) groups is 1. The number of carbonyl (C=O) groups excluding carboxylic acids is 1. The number of methoxy groups -OCH3 is 1. The molecular formula is C13H12ClN3O4S. The van der Waals surface area contributed by atoms with Crippen molar-refractivity contribution in [3.8, 4) is 5.75 Å². The van der Waals surface area contributed by atoms with Crippen LogP contribution in [0, 0.1) is 0 Å². The van der Waals surface area contributed by atoms with E-state index in [1.54, 1.807) is 0 Å². The zero-order valence-corrected chi connectivity index (χ0v) is 13.0. The molecule has 0 radical (unpaired) electrons. The van der Waals surface area contributed by atoms with Crippen LogP contribution in [0.2, 0.25) is 5.02 Å². The molecule has 1 amide bonds. The van der Waals surface area contributed by atoms with Crippen LogP contribution in [-0.4, -0.2) is 26.4 Å². The van der Waals surface area contributed by atoms with Gasteiger partial charge in [0.15, 0.2) is 0 Å². The van der Waals surface area contributed by atoms with Crippen molar-refractivity contribution >= 4 is 33.2 Å². The average molecular weight is 342 g/mol. The number of pyridine rings is 1. The number of nitrogens with two attached hydrogens (primary N) is 1. The van der Waals surface area contributed by atoms with Crippen molar-refractivity contribution in [2.24, 2.45) is 5.73 Å². The Morgan fingerprint density at radius 3 is 2.68 bits per heavy atom. The van der Waals surface area contributed by atoms with Crippen molar-refractivity contribution in [3.05, 3.63) is 47.2 Å². The molecule has 0 unspecified atom stereocenters. The van der Waals surface area contributed by atoms with Gasteiger partial charge in [-0.25, -0.2) is 8.42 Å². The molecule has 1 aromatic carbocycles. The maximum absolute atomic E-state index is 12.4. The number of rotatable bonds is 5. The third kappa shape index (κ3) is 3.46. The predicted octanol–water partition coefficient (Wildman–Crippen LogP) is 1.64. The maximum atomic E-state index is 12.4. The van der Waals surface area contributed by atoms with Crippen molar-refractivity contribution in [2.45, 2.75) is 4.90 Å². The molecule has 0 bridgehead atoms. The number of amides is 1. The van der Waals surface area contributed by atoms with E-state index in [0.717, 1.165) is 0 Å². The second-order valence-corrected chi connectivity index (χ2v) is 6.31. The summed E-state index contributed by atoms with van der Waals surface area (Å²) >= 11 is 5.83. The van der Waals surface area contributed by atoms with Gasteiger partial charge in [-0.3, -0.25) is 14.5 Å². The van der Waals surface area contributed by atoms with E-state index in [1.165, 1.54) is 43.8 Å². The average Bonchev–Trinajstić information content (AvgIpc) is 2.47. The Morgan fingerprint density at radius 1 is 1.32 bits per heavy atom. The van der Waals surface area contributed by atoms with Gasteiger partial charge < -0.3 is 10.5 Å². The number of aromatic nitrogens is 1. The van der Waals surface area contributed by atoms with Crippen molar-refractivity contribution in [2.75, 3.05) is 11.8 Å².